The van der Waals surface area contributed by atoms with Crippen LogP contribution in [-0.2, 0) is 4.79 Å². The number of nitrogens with two attached hydrogens (primary N) is 2. The monoisotopic (exact) mass is 166 g/mol. The number of carboxylic acids is 1. The lowest BCUT2D eigenvalue weighted by atomic mass is 9.60. The van der Waals surface area contributed by atoms with Crippen molar-refractivity contribution in [2.45, 2.75) is 30.6 Å². The largest absolute Gasteiger partial charge is 0.480 e. The van der Waals surface area contributed by atoms with Gasteiger partial charge in [0.05, 0.1) is 15.7 Å². The van der Waals surface area contributed by atoms with Crippen LogP contribution in [0.5, 0.6) is 0 Å². The van der Waals surface area contributed by atoms with Gasteiger partial charge in [0, 0.05) is 0 Å². The van der Waals surface area contributed by atoms with Gasteiger partial charge < -0.3 is 16.6 Å². The average molecular weight is 166 g/mol. The van der Waals surface area contributed by atoms with Crippen LogP contribution in [0.4, 0.5) is 0 Å². The predicted octanol–water partition coefficient (Wildman–Crippen LogP) is -1.48. The second-order valence-electron chi connectivity index (χ2n) is 2.95. The molecule has 0 aromatic heterocycles. The molecule has 0 rings (SSSR count). The maximum Gasteiger partial charge on any atom is 0.320 e. The first-order chi connectivity index (χ1) is 5.33. The first-order valence-electron chi connectivity index (χ1n) is 3.68. The van der Waals surface area contributed by atoms with Crippen LogP contribution in [0.1, 0.15) is 19.3 Å². The predicted molar refractivity (Wildman–Crippen MR) is 47.9 cm³/mol. The van der Waals surface area contributed by atoms with Crippen LogP contribution >= 0.6 is 0 Å². The normalized spacial score (nSPS) is 14.2. The number of rotatable bonds is 5. The van der Waals surface area contributed by atoms with Crippen LogP contribution in [0, 0.1) is 0 Å². The van der Waals surface area contributed by atoms with Crippen LogP contribution in [0.3, 0.4) is 0 Å². The Morgan fingerprint density at radius 2 is 2.08 bits per heavy atom. The van der Waals surface area contributed by atoms with Gasteiger partial charge in [-0.25, -0.2) is 0 Å². The highest BCUT2D eigenvalue weighted by Crippen LogP contribution is 2.05. The van der Waals surface area contributed by atoms with Crippen molar-refractivity contribution in [2.75, 3.05) is 0 Å². The Labute approximate surface area is 74.5 Å². The molecule has 0 saturated carbocycles. The molecule has 0 bridgehead atoms. The highest BCUT2D eigenvalue weighted by atomic mass is 16.4. The molecule has 5 N–H and O–H groups in total. The van der Waals surface area contributed by atoms with Crippen LogP contribution in [0.25, 0.3) is 0 Å². The topological polar surface area (TPSA) is 89.3 Å². The van der Waals surface area contributed by atoms with Crippen LogP contribution in [-0.4, -0.2) is 38.1 Å². The number of hydrogen-bond acceptors (Lipinski definition) is 3. The van der Waals surface area contributed by atoms with E-state index < -0.39 is 17.3 Å². The highest BCUT2D eigenvalue weighted by molar-refractivity contribution is 6.39. The van der Waals surface area contributed by atoms with E-state index in [2.05, 4.69) is 0 Å². The number of carboxylic acid groups (broad SMARTS) is 1. The van der Waals surface area contributed by atoms with Crippen molar-refractivity contribution in [2.24, 2.45) is 11.5 Å². The van der Waals surface area contributed by atoms with Gasteiger partial charge >= 0.3 is 5.97 Å². The van der Waals surface area contributed by atoms with E-state index in [-0.39, 0.29) is 0 Å². The molecule has 0 aliphatic heterocycles. The minimum Gasteiger partial charge on any atom is -0.480 e. The molecule has 0 aliphatic carbocycles. The molecular weight excluding hydrogens is 154 g/mol. The lowest BCUT2D eigenvalue weighted by Crippen LogP contribution is -2.41. The molecule has 0 spiro atoms. The fourth-order valence-electron chi connectivity index (χ4n) is 0.752. The summed E-state index contributed by atoms with van der Waals surface area (Å²) in [6, 6.07) is -0.854. The van der Waals surface area contributed by atoms with Crippen molar-refractivity contribution in [1.82, 2.24) is 0 Å². The van der Waals surface area contributed by atoms with Crippen molar-refractivity contribution in [1.29, 1.82) is 0 Å². The number of hydrogen-bond donors (Lipinski definition) is 3. The Morgan fingerprint density at radius 1 is 1.58 bits per heavy atom. The number of carbonyl (C=O) groups is 1. The quantitative estimate of drug-likeness (QED) is 0.434. The molecule has 0 aromatic carbocycles. The summed E-state index contributed by atoms with van der Waals surface area (Å²) in [5.41, 5.74) is 10.5. The third-order valence-electron chi connectivity index (χ3n) is 1.44. The Morgan fingerprint density at radius 3 is 2.42 bits per heavy atom. The maximum atomic E-state index is 10.2. The van der Waals surface area contributed by atoms with Crippen molar-refractivity contribution in [3.63, 3.8) is 0 Å². The van der Waals surface area contributed by atoms with E-state index in [0.717, 1.165) is 0 Å². The van der Waals surface area contributed by atoms with Gasteiger partial charge in [-0.3, -0.25) is 4.79 Å². The SMILES string of the molecule is [B]C([B])(N)CCCC(N)C(=O)O. The fourth-order valence-corrected chi connectivity index (χ4v) is 0.752. The Kier molecular flexibility index (Phi) is 4.34. The van der Waals surface area contributed by atoms with E-state index in [4.69, 9.17) is 32.3 Å². The summed E-state index contributed by atoms with van der Waals surface area (Å²) in [5, 5.41) is 7.17. The van der Waals surface area contributed by atoms with Gasteiger partial charge in [0.15, 0.2) is 0 Å². The summed E-state index contributed by atoms with van der Waals surface area (Å²) < 4.78 is 0. The summed E-state index contributed by atoms with van der Waals surface area (Å²) in [7, 11) is 10.5. The van der Waals surface area contributed by atoms with Gasteiger partial charge in [0.2, 0.25) is 0 Å². The summed E-state index contributed by atoms with van der Waals surface area (Å²) in [6.07, 6.45) is 1.20. The van der Waals surface area contributed by atoms with Crippen molar-refractivity contribution < 1.29 is 9.90 Å². The molecule has 0 heterocycles. The zero-order valence-electron chi connectivity index (χ0n) is 6.86. The molecule has 1 atom stereocenters. The minimum atomic E-state index is -1.22. The van der Waals surface area contributed by atoms with E-state index >= 15 is 0 Å². The minimum absolute atomic E-state index is 0.336. The van der Waals surface area contributed by atoms with Crippen molar-refractivity contribution in [3.8, 4) is 0 Å². The zero-order valence-corrected chi connectivity index (χ0v) is 6.86. The van der Waals surface area contributed by atoms with E-state index in [1.165, 1.54) is 0 Å². The Balaban J connectivity index is 3.51. The van der Waals surface area contributed by atoms with Crippen LogP contribution in [0.15, 0.2) is 0 Å². The van der Waals surface area contributed by atoms with Crippen LogP contribution in [0.2, 0.25) is 0 Å². The lowest BCUT2D eigenvalue weighted by molar-refractivity contribution is -0.138. The fraction of sp³-hybridized carbons (Fsp3) is 0.833. The molecule has 0 aromatic rings. The molecule has 0 amide bonds. The van der Waals surface area contributed by atoms with Gasteiger partial charge in [-0.05, 0) is 6.42 Å². The standard InChI is InChI=1S/C6H12B2N2O2/c7-6(8,10)3-1-2-4(9)5(11)12/h4H,1-3,9-10H2,(H,11,12). The van der Waals surface area contributed by atoms with Crippen molar-refractivity contribution in [3.05, 3.63) is 0 Å². The first-order valence-corrected chi connectivity index (χ1v) is 3.68. The third-order valence-corrected chi connectivity index (χ3v) is 1.44. The van der Waals surface area contributed by atoms with Gasteiger partial charge in [-0.1, -0.05) is 18.2 Å². The zero-order chi connectivity index (χ0) is 9.78. The van der Waals surface area contributed by atoms with Gasteiger partial charge in [0.25, 0.3) is 0 Å². The lowest BCUT2D eigenvalue weighted by Gasteiger charge is -2.19. The first kappa shape index (κ1) is 11.5. The summed E-state index contributed by atoms with van der Waals surface area (Å²) >= 11 is 0. The highest BCUT2D eigenvalue weighted by Gasteiger charge is 2.14. The molecule has 12 heavy (non-hydrogen) atoms. The molecule has 0 fully saturated rings. The van der Waals surface area contributed by atoms with Gasteiger partial charge in [-0.2, -0.15) is 0 Å². The molecule has 64 valence electrons. The maximum absolute atomic E-state index is 10.2. The molecular formula is C6H12B2N2O2. The van der Waals surface area contributed by atoms with E-state index in [0.29, 0.717) is 19.3 Å². The van der Waals surface area contributed by atoms with E-state index in [9.17, 15) is 4.79 Å². The third kappa shape index (κ3) is 6.24. The molecule has 4 nitrogen and oxygen atoms in total. The second kappa shape index (κ2) is 4.52. The van der Waals surface area contributed by atoms with Gasteiger partial charge in [-0.15, -0.1) is 0 Å². The molecule has 6 heteroatoms. The van der Waals surface area contributed by atoms with E-state index in [1.54, 1.807) is 0 Å². The summed E-state index contributed by atoms with van der Waals surface area (Å²) in [4.78, 5) is 10.2. The molecule has 0 aliphatic rings. The average Bonchev–Trinajstić information content (AvgIpc) is 1.84. The molecule has 0 saturated heterocycles. The summed E-state index contributed by atoms with van der Waals surface area (Å²) in [5.74, 6) is -1.02. The molecule has 4 radical (unpaired) electrons. The van der Waals surface area contributed by atoms with Gasteiger partial charge in [0.1, 0.15) is 6.04 Å². The van der Waals surface area contributed by atoms with E-state index in [1.807, 2.05) is 0 Å². The Bertz CT molecular complexity index is 158. The van der Waals surface area contributed by atoms with Crippen molar-refractivity contribution >= 4 is 21.7 Å². The smallest absolute Gasteiger partial charge is 0.320 e. The number of aliphatic carboxylic acids is 1. The molecule has 1 unspecified atom stereocenters. The Hall–Kier alpha value is -0.480. The summed E-state index contributed by atoms with van der Waals surface area (Å²) in [6.45, 7) is 0. The second-order valence-corrected chi connectivity index (χ2v) is 2.95. The van der Waals surface area contributed by atoms with Crippen LogP contribution < -0.4 is 11.5 Å².